The van der Waals surface area contributed by atoms with Crippen LogP contribution in [0.15, 0.2) is 24.3 Å². The Bertz CT molecular complexity index is 718. The summed E-state index contributed by atoms with van der Waals surface area (Å²) < 4.78 is 4.94. The number of anilines is 1. The first-order chi connectivity index (χ1) is 11.5. The Labute approximate surface area is 146 Å². The number of hydrogen-bond donors (Lipinski definition) is 0. The van der Waals surface area contributed by atoms with Crippen molar-refractivity contribution in [1.82, 2.24) is 4.90 Å². The summed E-state index contributed by atoms with van der Waals surface area (Å²) in [7, 11) is 0. The molecule has 1 fully saturated rings. The minimum absolute atomic E-state index is 0.0542. The van der Waals surface area contributed by atoms with Crippen LogP contribution in [0.5, 0.6) is 5.75 Å². The number of carbonyl (C=O) groups excluding carboxylic acids is 4. The summed E-state index contributed by atoms with van der Waals surface area (Å²) in [5.74, 6) is -1.19. The molecule has 0 radical (unpaired) electrons. The van der Waals surface area contributed by atoms with Crippen molar-refractivity contribution in [3.63, 3.8) is 0 Å². The maximum atomic E-state index is 12.8. The van der Waals surface area contributed by atoms with Gasteiger partial charge in [0, 0.05) is 19.4 Å². The first-order valence-corrected chi connectivity index (χ1v) is 7.97. The normalized spacial score (nSPS) is 17.6. The van der Waals surface area contributed by atoms with Crippen LogP contribution in [0.25, 0.3) is 0 Å². The fourth-order valence-corrected chi connectivity index (χ4v) is 3.08. The van der Waals surface area contributed by atoms with Crippen LogP contribution in [0.1, 0.15) is 41.0 Å². The molecule has 25 heavy (non-hydrogen) atoms. The van der Waals surface area contributed by atoms with Crippen LogP contribution in [0.4, 0.5) is 5.69 Å². The lowest BCUT2D eigenvalue weighted by atomic mass is 10.0. The molecular weight excluding hydrogens is 324 g/mol. The molecule has 1 unspecified atom stereocenters. The standard InChI is InChI=1S/C18H22N2O5/c1-11(21)20(18(3,4)5)15-10-16(23)19(17(15)24)13-6-8-14(9-7-13)25-12(2)22/h6-9,15H,10H2,1-5H3. The van der Waals surface area contributed by atoms with Gasteiger partial charge in [-0.05, 0) is 45.0 Å². The molecule has 0 saturated carbocycles. The van der Waals surface area contributed by atoms with Gasteiger partial charge in [-0.3, -0.25) is 19.2 Å². The van der Waals surface area contributed by atoms with Gasteiger partial charge in [-0.25, -0.2) is 4.90 Å². The van der Waals surface area contributed by atoms with E-state index >= 15 is 0 Å². The SMILES string of the molecule is CC(=O)Oc1ccc(N2C(=O)CC(N(C(C)=O)C(C)(C)C)C2=O)cc1. The van der Waals surface area contributed by atoms with Gasteiger partial charge in [-0.15, -0.1) is 0 Å². The summed E-state index contributed by atoms with van der Waals surface area (Å²) in [5, 5.41) is 0. The molecule has 1 heterocycles. The number of esters is 1. The van der Waals surface area contributed by atoms with Crippen LogP contribution in [0.2, 0.25) is 0 Å². The van der Waals surface area contributed by atoms with Gasteiger partial charge in [-0.1, -0.05) is 0 Å². The lowest BCUT2D eigenvalue weighted by Crippen LogP contribution is -2.53. The molecule has 7 heteroatoms. The molecule has 134 valence electrons. The monoisotopic (exact) mass is 346 g/mol. The second-order valence-corrected chi connectivity index (χ2v) is 6.93. The maximum absolute atomic E-state index is 12.8. The van der Waals surface area contributed by atoms with E-state index in [0.29, 0.717) is 11.4 Å². The Balaban J connectivity index is 2.29. The van der Waals surface area contributed by atoms with Gasteiger partial charge in [0.15, 0.2) is 0 Å². The largest absolute Gasteiger partial charge is 0.427 e. The van der Waals surface area contributed by atoms with Crippen molar-refractivity contribution < 1.29 is 23.9 Å². The maximum Gasteiger partial charge on any atom is 0.308 e. The number of hydrogen-bond acceptors (Lipinski definition) is 5. The van der Waals surface area contributed by atoms with Gasteiger partial charge in [-0.2, -0.15) is 0 Å². The highest BCUT2D eigenvalue weighted by Crippen LogP contribution is 2.30. The van der Waals surface area contributed by atoms with E-state index in [9.17, 15) is 19.2 Å². The van der Waals surface area contributed by atoms with Crippen molar-refractivity contribution in [2.24, 2.45) is 0 Å². The molecule has 1 aromatic carbocycles. The summed E-state index contributed by atoms with van der Waals surface area (Å²) >= 11 is 0. The topological polar surface area (TPSA) is 84.0 Å². The molecule has 0 N–H and O–H groups in total. The first-order valence-electron chi connectivity index (χ1n) is 7.97. The third kappa shape index (κ3) is 3.87. The van der Waals surface area contributed by atoms with Crippen LogP contribution < -0.4 is 9.64 Å². The lowest BCUT2D eigenvalue weighted by Gasteiger charge is -2.38. The van der Waals surface area contributed by atoms with E-state index in [2.05, 4.69) is 0 Å². The molecule has 1 aromatic rings. The summed E-state index contributed by atoms with van der Waals surface area (Å²) in [5.41, 5.74) is -0.201. The van der Waals surface area contributed by atoms with Crippen molar-refractivity contribution in [3.05, 3.63) is 24.3 Å². The zero-order chi connectivity index (χ0) is 18.9. The van der Waals surface area contributed by atoms with Crippen LogP contribution in [-0.2, 0) is 19.2 Å². The van der Waals surface area contributed by atoms with E-state index < -0.39 is 23.5 Å². The zero-order valence-corrected chi connectivity index (χ0v) is 15.0. The summed E-state index contributed by atoms with van der Waals surface area (Å²) in [6.45, 7) is 8.14. The Morgan fingerprint density at radius 2 is 1.68 bits per heavy atom. The number of ether oxygens (including phenoxy) is 1. The fourth-order valence-electron chi connectivity index (χ4n) is 3.08. The average molecular weight is 346 g/mol. The summed E-state index contributed by atoms with van der Waals surface area (Å²) in [4.78, 5) is 50.7. The van der Waals surface area contributed by atoms with Gasteiger partial charge in [0.05, 0.1) is 12.1 Å². The van der Waals surface area contributed by atoms with Crippen LogP contribution in [-0.4, -0.2) is 40.2 Å². The molecule has 1 aliphatic heterocycles. The highest BCUT2D eigenvalue weighted by atomic mass is 16.5. The average Bonchev–Trinajstić information content (AvgIpc) is 2.72. The van der Waals surface area contributed by atoms with Gasteiger partial charge in [0.25, 0.3) is 5.91 Å². The molecule has 1 saturated heterocycles. The Morgan fingerprint density at radius 1 is 1.12 bits per heavy atom. The van der Waals surface area contributed by atoms with E-state index in [1.54, 1.807) is 0 Å². The summed E-state index contributed by atoms with van der Waals surface area (Å²) in [6, 6.07) is 5.27. The molecule has 7 nitrogen and oxygen atoms in total. The van der Waals surface area contributed by atoms with Crippen molar-refractivity contribution in [2.45, 2.75) is 52.6 Å². The molecule has 2 rings (SSSR count). The van der Waals surface area contributed by atoms with Gasteiger partial charge < -0.3 is 9.64 Å². The summed E-state index contributed by atoms with van der Waals surface area (Å²) in [6.07, 6.45) is -0.0542. The van der Waals surface area contributed by atoms with Crippen LogP contribution >= 0.6 is 0 Å². The van der Waals surface area contributed by atoms with Crippen molar-refractivity contribution in [3.8, 4) is 5.75 Å². The number of carbonyl (C=O) groups is 4. The third-order valence-electron chi connectivity index (χ3n) is 3.85. The van der Waals surface area contributed by atoms with E-state index in [1.807, 2.05) is 20.8 Å². The molecule has 0 bridgehead atoms. The van der Waals surface area contributed by atoms with Gasteiger partial charge in [0.1, 0.15) is 11.8 Å². The molecule has 1 atom stereocenters. The number of amides is 3. The van der Waals surface area contributed by atoms with E-state index in [4.69, 9.17) is 4.74 Å². The van der Waals surface area contributed by atoms with Crippen LogP contribution in [0, 0.1) is 0 Å². The Morgan fingerprint density at radius 3 is 2.12 bits per heavy atom. The van der Waals surface area contributed by atoms with Gasteiger partial charge in [0.2, 0.25) is 11.8 Å². The lowest BCUT2D eigenvalue weighted by molar-refractivity contribution is -0.142. The molecule has 0 aliphatic carbocycles. The number of nitrogens with zero attached hydrogens (tertiary/aromatic N) is 2. The second-order valence-electron chi connectivity index (χ2n) is 6.93. The number of benzene rings is 1. The molecule has 3 amide bonds. The predicted molar refractivity (Wildman–Crippen MR) is 90.9 cm³/mol. The van der Waals surface area contributed by atoms with Crippen LogP contribution in [0.3, 0.4) is 0 Å². The highest BCUT2D eigenvalue weighted by molar-refractivity contribution is 6.23. The highest BCUT2D eigenvalue weighted by Gasteiger charge is 2.46. The Kier molecular flexibility index (Phi) is 4.97. The molecule has 1 aliphatic rings. The fraction of sp³-hybridized carbons (Fsp3) is 0.444. The zero-order valence-electron chi connectivity index (χ0n) is 15.0. The quantitative estimate of drug-likeness (QED) is 0.474. The van der Waals surface area contributed by atoms with Gasteiger partial charge >= 0.3 is 5.97 Å². The molecule has 0 spiro atoms. The third-order valence-corrected chi connectivity index (χ3v) is 3.85. The van der Waals surface area contributed by atoms with E-state index in [1.165, 1.54) is 43.0 Å². The smallest absolute Gasteiger partial charge is 0.308 e. The number of rotatable bonds is 3. The second kappa shape index (κ2) is 6.66. The molecule has 0 aromatic heterocycles. The predicted octanol–water partition coefficient (Wildman–Crippen LogP) is 1.89. The van der Waals surface area contributed by atoms with E-state index in [-0.39, 0.29) is 18.2 Å². The van der Waals surface area contributed by atoms with Crippen molar-refractivity contribution in [2.75, 3.05) is 4.90 Å². The molecular formula is C18H22N2O5. The minimum atomic E-state index is -0.821. The van der Waals surface area contributed by atoms with E-state index in [0.717, 1.165) is 4.90 Å². The van der Waals surface area contributed by atoms with Crippen molar-refractivity contribution >= 4 is 29.4 Å². The number of imide groups is 1. The Hall–Kier alpha value is -2.70. The minimum Gasteiger partial charge on any atom is -0.427 e. The van der Waals surface area contributed by atoms with Crippen molar-refractivity contribution in [1.29, 1.82) is 0 Å². The first kappa shape index (κ1) is 18.6.